The van der Waals surface area contributed by atoms with Crippen LogP contribution in [0.15, 0.2) is 0 Å². The van der Waals surface area contributed by atoms with Crippen LogP contribution in [0.1, 0.15) is 58.3 Å². The molecule has 0 aromatic carbocycles. The Bertz CT molecular complexity index is 504. The van der Waals surface area contributed by atoms with Gasteiger partial charge in [0, 0.05) is 20.0 Å². The number of alkyl halides is 2. The van der Waals surface area contributed by atoms with Crippen molar-refractivity contribution in [3.63, 3.8) is 0 Å². The van der Waals surface area contributed by atoms with Crippen LogP contribution in [0, 0.1) is 5.41 Å². The van der Waals surface area contributed by atoms with Crippen LogP contribution in [-0.2, 0) is 9.59 Å². The number of carbonyl (C=O) groups excluding carboxylic acids is 2. The second-order valence-corrected chi connectivity index (χ2v) is 7.98. The van der Waals surface area contributed by atoms with Gasteiger partial charge in [0.25, 0.3) is 5.91 Å². The quantitative estimate of drug-likeness (QED) is 0.540. The first-order chi connectivity index (χ1) is 12.2. The Morgan fingerprint density at radius 2 is 1.96 bits per heavy atom. The average molecular weight is 375 g/mol. The van der Waals surface area contributed by atoms with Gasteiger partial charge in [-0.25, -0.2) is 8.78 Å². The van der Waals surface area contributed by atoms with Gasteiger partial charge < -0.3 is 21.1 Å². The third kappa shape index (κ3) is 5.61. The van der Waals surface area contributed by atoms with Crippen molar-refractivity contribution in [1.82, 2.24) is 16.0 Å². The van der Waals surface area contributed by atoms with Gasteiger partial charge in [-0.15, -0.1) is 0 Å². The van der Waals surface area contributed by atoms with E-state index < -0.39 is 36.4 Å². The molecule has 3 atom stereocenters. The molecule has 1 saturated carbocycles. The van der Waals surface area contributed by atoms with E-state index >= 15 is 0 Å². The summed E-state index contributed by atoms with van der Waals surface area (Å²) in [5.74, 6) is -3.96. The number of hydrogen-bond acceptors (Lipinski definition) is 4. The largest absolute Gasteiger partial charge is 0.381 e. The standard InChI is InChI=1S/C18H31F2N3O3/c1-17(19,20)9-6-12(14(24)16(26)21-2)23-15(25)13-10-18(11-22-13)7-4-3-5-8-18/h12-14,22,24H,3-11H2,1-2H3,(H,21,26)(H,23,25)/t12-,13-,14?/m0/s1. The number of rotatable bonds is 7. The number of aliphatic hydroxyl groups is 1. The van der Waals surface area contributed by atoms with Crippen molar-refractivity contribution < 1.29 is 23.5 Å². The minimum Gasteiger partial charge on any atom is -0.381 e. The van der Waals surface area contributed by atoms with Crippen molar-refractivity contribution in [2.75, 3.05) is 13.6 Å². The van der Waals surface area contributed by atoms with Crippen LogP contribution in [0.2, 0.25) is 0 Å². The molecule has 2 amide bonds. The number of nitrogens with one attached hydrogen (secondary N) is 3. The van der Waals surface area contributed by atoms with Gasteiger partial charge in [0.2, 0.25) is 11.8 Å². The molecule has 0 aromatic heterocycles. The zero-order valence-corrected chi connectivity index (χ0v) is 15.6. The van der Waals surface area contributed by atoms with Crippen molar-refractivity contribution in [3.05, 3.63) is 0 Å². The van der Waals surface area contributed by atoms with E-state index in [0.717, 1.165) is 26.3 Å². The molecule has 4 N–H and O–H groups in total. The zero-order chi connectivity index (χ0) is 19.4. The number of aliphatic hydroxyl groups excluding tert-OH is 1. The highest BCUT2D eigenvalue weighted by Crippen LogP contribution is 2.42. The molecule has 2 fully saturated rings. The Hall–Kier alpha value is -1.28. The second kappa shape index (κ2) is 8.61. The molecule has 0 bridgehead atoms. The summed E-state index contributed by atoms with van der Waals surface area (Å²) in [5.41, 5.74) is 0.144. The Kier molecular flexibility index (Phi) is 6.96. The lowest BCUT2D eigenvalue weighted by Gasteiger charge is -2.32. The molecule has 6 nitrogen and oxygen atoms in total. The van der Waals surface area contributed by atoms with Gasteiger partial charge >= 0.3 is 0 Å². The van der Waals surface area contributed by atoms with Gasteiger partial charge in [-0.3, -0.25) is 9.59 Å². The molecular formula is C18H31F2N3O3. The number of likely N-dealkylation sites (N-methyl/N-ethyl adjacent to an activating group) is 1. The zero-order valence-electron chi connectivity index (χ0n) is 15.6. The summed E-state index contributed by atoms with van der Waals surface area (Å²) in [5, 5.41) is 18.3. The van der Waals surface area contributed by atoms with Gasteiger partial charge in [0.1, 0.15) is 0 Å². The molecule has 1 spiro atoms. The first kappa shape index (κ1) is 21.0. The highest BCUT2D eigenvalue weighted by Gasteiger charge is 2.43. The van der Waals surface area contributed by atoms with Gasteiger partial charge in [0.05, 0.1) is 12.1 Å². The fraction of sp³-hybridized carbons (Fsp3) is 0.889. The monoisotopic (exact) mass is 375 g/mol. The van der Waals surface area contributed by atoms with Gasteiger partial charge in [-0.05, 0) is 38.0 Å². The molecule has 2 rings (SSSR count). The van der Waals surface area contributed by atoms with Gasteiger partial charge in [-0.1, -0.05) is 19.3 Å². The van der Waals surface area contributed by atoms with Crippen molar-refractivity contribution in [1.29, 1.82) is 0 Å². The van der Waals surface area contributed by atoms with E-state index in [4.69, 9.17) is 0 Å². The lowest BCUT2D eigenvalue weighted by Crippen LogP contribution is -2.53. The lowest BCUT2D eigenvalue weighted by molar-refractivity contribution is -0.132. The summed E-state index contributed by atoms with van der Waals surface area (Å²) >= 11 is 0. The molecule has 1 aliphatic carbocycles. The molecule has 1 saturated heterocycles. The Morgan fingerprint density at radius 3 is 2.54 bits per heavy atom. The van der Waals surface area contributed by atoms with Crippen molar-refractivity contribution in [2.45, 2.75) is 82.4 Å². The maximum Gasteiger partial charge on any atom is 0.250 e. The summed E-state index contributed by atoms with van der Waals surface area (Å²) in [6.07, 6.45) is 4.20. The molecule has 150 valence electrons. The highest BCUT2D eigenvalue weighted by atomic mass is 19.3. The molecule has 0 aromatic rings. The first-order valence-electron chi connectivity index (χ1n) is 9.47. The molecule has 1 heterocycles. The predicted octanol–water partition coefficient (Wildman–Crippen LogP) is 1.33. The number of halogens is 2. The van der Waals surface area contributed by atoms with Crippen LogP contribution in [0.4, 0.5) is 8.78 Å². The molecule has 1 aliphatic heterocycles. The Balaban J connectivity index is 1.97. The van der Waals surface area contributed by atoms with Crippen LogP contribution in [0.5, 0.6) is 0 Å². The number of amides is 2. The summed E-state index contributed by atoms with van der Waals surface area (Å²) in [4.78, 5) is 24.3. The lowest BCUT2D eigenvalue weighted by atomic mass is 9.72. The number of hydrogen-bond donors (Lipinski definition) is 4. The normalized spacial score (nSPS) is 24.9. The fourth-order valence-electron chi connectivity index (χ4n) is 4.12. The van der Waals surface area contributed by atoms with Gasteiger partial charge in [-0.2, -0.15) is 0 Å². The Morgan fingerprint density at radius 1 is 1.31 bits per heavy atom. The fourth-order valence-corrected chi connectivity index (χ4v) is 4.12. The molecule has 8 heteroatoms. The van der Waals surface area contributed by atoms with Crippen LogP contribution < -0.4 is 16.0 Å². The molecule has 26 heavy (non-hydrogen) atoms. The second-order valence-electron chi connectivity index (χ2n) is 7.98. The third-order valence-corrected chi connectivity index (χ3v) is 5.71. The van der Waals surface area contributed by atoms with Crippen molar-refractivity contribution in [3.8, 4) is 0 Å². The number of carbonyl (C=O) groups is 2. The average Bonchev–Trinajstić information content (AvgIpc) is 3.00. The van der Waals surface area contributed by atoms with Gasteiger partial charge in [0.15, 0.2) is 6.10 Å². The Labute approximate surface area is 153 Å². The summed E-state index contributed by atoms with van der Waals surface area (Å²) < 4.78 is 26.4. The maximum atomic E-state index is 13.2. The van der Waals surface area contributed by atoms with E-state index in [1.54, 1.807) is 0 Å². The smallest absolute Gasteiger partial charge is 0.250 e. The molecule has 2 aliphatic rings. The third-order valence-electron chi connectivity index (χ3n) is 5.71. The highest BCUT2D eigenvalue weighted by molar-refractivity contribution is 5.85. The van der Waals surface area contributed by atoms with E-state index in [1.165, 1.54) is 26.3 Å². The molecular weight excluding hydrogens is 344 g/mol. The van der Waals surface area contributed by atoms with Crippen LogP contribution in [-0.4, -0.2) is 54.6 Å². The van der Waals surface area contributed by atoms with Crippen molar-refractivity contribution in [2.24, 2.45) is 5.41 Å². The maximum absolute atomic E-state index is 13.2. The van der Waals surface area contributed by atoms with Crippen LogP contribution >= 0.6 is 0 Å². The first-order valence-corrected chi connectivity index (χ1v) is 9.47. The molecule has 1 unspecified atom stereocenters. The predicted molar refractivity (Wildman–Crippen MR) is 93.8 cm³/mol. The molecule has 0 radical (unpaired) electrons. The van der Waals surface area contributed by atoms with Crippen molar-refractivity contribution >= 4 is 11.8 Å². The summed E-state index contributed by atoms with van der Waals surface area (Å²) in [6, 6.07) is -1.45. The summed E-state index contributed by atoms with van der Waals surface area (Å²) in [7, 11) is 1.35. The van der Waals surface area contributed by atoms with E-state index in [-0.39, 0.29) is 17.7 Å². The topological polar surface area (TPSA) is 90.5 Å². The van der Waals surface area contributed by atoms with E-state index in [0.29, 0.717) is 6.42 Å². The van der Waals surface area contributed by atoms with E-state index in [1.807, 2.05) is 0 Å². The summed E-state index contributed by atoms with van der Waals surface area (Å²) in [6.45, 7) is 1.56. The van der Waals surface area contributed by atoms with Crippen LogP contribution in [0.25, 0.3) is 0 Å². The van der Waals surface area contributed by atoms with Crippen LogP contribution in [0.3, 0.4) is 0 Å². The van der Waals surface area contributed by atoms with E-state index in [9.17, 15) is 23.5 Å². The minimum absolute atomic E-state index is 0.144. The van der Waals surface area contributed by atoms with E-state index in [2.05, 4.69) is 16.0 Å². The minimum atomic E-state index is -2.93. The SMILES string of the molecule is CNC(=O)C(O)[C@H](CCC(C)(F)F)NC(=O)[C@@H]1CC2(CCCCC2)CN1.